The zero-order chi connectivity index (χ0) is 29.0. The Kier molecular flexibility index (Phi) is 8.67. The van der Waals surface area contributed by atoms with Gasteiger partial charge < -0.3 is 13.9 Å². The van der Waals surface area contributed by atoms with Crippen molar-refractivity contribution in [1.82, 2.24) is 9.29 Å². The van der Waals surface area contributed by atoms with Gasteiger partial charge in [0.15, 0.2) is 10.8 Å². The topological polar surface area (TPSA) is 116 Å². The van der Waals surface area contributed by atoms with Gasteiger partial charge in [-0.25, -0.2) is 18.2 Å². The quantitative estimate of drug-likeness (QED) is 0.221. The van der Waals surface area contributed by atoms with Gasteiger partial charge in [-0.1, -0.05) is 24.3 Å². The Balaban J connectivity index is 1.29. The smallest absolute Gasteiger partial charge is 0.338 e. The van der Waals surface area contributed by atoms with E-state index in [0.29, 0.717) is 59.4 Å². The first kappa shape index (κ1) is 28.7. The molecule has 2 aromatic heterocycles. The molecule has 1 aliphatic heterocycles. The van der Waals surface area contributed by atoms with E-state index < -0.39 is 10.0 Å². The van der Waals surface area contributed by atoms with Crippen molar-refractivity contribution in [3.8, 4) is 33.3 Å². The summed E-state index contributed by atoms with van der Waals surface area (Å²) < 4.78 is 44.4. The van der Waals surface area contributed by atoms with Crippen LogP contribution in [0.5, 0.6) is 0 Å². The third-order valence-corrected chi connectivity index (χ3v) is 9.59. The number of rotatable bonds is 9. The molecule has 0 radical (unpaired) electrons. The Morgan fingerprint density at radius 3 is 2.37 bits per heavy atom. The molecule has 0 bridgehead atoms. The molecular weight excluding hydrogens is 564 g/mol. The Hall–Kier alpha value is -3.80. The zero-order valence-electron chi connectivity index (χ0n) is 22.7. The van der Waals surface area contributed by atoms with Gasteiger partial charge in [0.2, 0.25) is 10.0 Å². The maximum Gasteiger partial charge on any atom is 0.338 e. The molecule has 0 N–H and O–H groups in total. The first-order valence-corrected chi connectivity index (χ1v) is 15.7. The Morgan fingerprint density at radius 1 is 0.951 bits per heavy atom. The lowest BCUT2D eigenvalue weighted by Gasteiger charge is -2.30. The van der Waals surface area contributed by atoms with E-state index in [2.05, 4.69) is 0 Å². The molecule has 0 amide bonds. The SMILES string of the molecule is CCOC(=O)c1ccc(-c2ccc(-c3nc(-c4cccc(S(=O)(=O)N5CCC(C(=O)OCC)CC5)c4)cs3)o2)cc1. The summed E-state index contributed by atoms with van der Waals surface area (Å²) in [5.41, 5.74) is 2.60. The van der Waals surface area contributed by atoms with Crippen molar-refractivity contribution < 1.29 is 31.9 Å². The number of benzene rings is 2. The molecule has 9 nitrogen and oxygen atoms in total. The van der Waals surface area contributed by atoms with Gasteiger partial charge in [-0.3, -0.25) is 4.79 Å². The molecule has 0 spiro atoms. The van der Waals surface area contributed by atoms with Crippen molar-refractivity contribution in [2.45, 2.75) is 31.6 Å². The summed E-state index contributed by atoms with van der Waals surface area (Å²) in [5.74, 6) is 0.310. The van der Waals surface area contributed by atoms with Crippen LogP contribution in [0.4, 0.5) is 0 Å². The average Bonchev–Trinajstić information content (AvgIpc) is 3.68. The van der Waals surface area contributed by atoms with Crippen LogP contribution in [0, 0.1) is 5.92 Å². The van der Waals surface area contributed by atoms with Crippen LogP contribution in [0.1, 0.15) is 37.0 Å². The van der Waals surface area contributed by atoms with Crippen molar-refractivity contribution in [2.24, 2.45) is 5.92 Å². The molecule has 2 aromatic carbocycles. The van der Waals surface area contributed by atoms with Gasteiger partial charge in [0.05, 0.1) is 35.3 Å². The van der Waals surface area contributed by atoms with Crippen LogP contribution >= 0.6 is 11.3 Å². The number of piperidine rings is 1. The summed E-state index contributed by atoms with van der Waals surface area (Å²) in [6, 6.07) is 17.4. The molecule has 1 aliphatic rings. The monoisotopic (exact) mass is 594 g/mol. The van der Waals surface area contributed by atoms with Gasteiger partial charge in [0.25, 0.3) is 0 Å². The summed E-state index contributed by atoms with van der Waals surface area (Å²) in [4.78, 5) is 28.8. The van der Waals surface area contributed by atoms with Crippen molar-refractivity contribution in [3.05, 3.63) is 71.6 Å². The second-order valence-electron chi connectivity index (χ2n) is 9.46. The lowest BCUT2D eigenvalue weighted by atomic mass is 9.98. The Morgan fingerprint density at radius 2 is 1.66 bits per heavy atom. The lowest BCUT2D eigenvalue weighted by molar-refractivity contribution is -0.149. The van der Waals surface area contributed by atoms with Crippen LogP contribution < -0.4 is 0 Å². The van der Waals surface area contributed by atoms with E-state index in [9.17, 15) is 18.0 Å². The van der Waals surface area contributed by atoms with E-state index in [1.807, 2.05) is 23.6 Å². The van der Waals surface area contributed by atoms with Gasteiger partial charge in [-0.2, -0.15) is 4.31 Å². The number of carbonyl (C=O) groups excluding carboxylic acids is 2. The molecule has 41 heavy (non-hydrogen) atoms. The predicted octanol–water partition coefficient (Wildman–Crippen LogP) is 5.88. The number of hydrogen-bond acceptors (Lipinski definition) is 9. The molecule has 3 heterocycles. The normalized spacial score (nSPS) is 14.6. The second-order valence-corrected chi connectivity index (χ2v) is 12.3. The maximum atomic E-state index is 13.4. The summed E-state index contributed by atoms with van der Waals surface area (Å²) in [6.07, 6.45) is 0.877. The number of nitrogens with zero attached hydrogens (tertiary/aromatic N) is 2. The largest absolute Gasteiger partial charge is 0.466 e. The highest BCUT2D eigenvalue weighted by molar-refractivity contribution is 7.89. The molecule has 4 aromatic rings. The Bertz CT molecular complexity index is 1630. The summed E-state index contributed by atoms with van der Waals surface area (Å²) in [5, 5.41) is 2.52. The number of aromatic nitrogens is 1. The Labute approximate surface area is 242 Å². The maximum absolute atomic E-state index is 13.4. The zero-order valence-corrected chi connectivity index (χ0v) is 24.4. The van der Waals surface area contributed by atoms with Crippen LogP contribution in [0.3, 0.4) is 0 Å². The van der Waals surface area contributed by atoms with Gasteiger partial charge in [-0.05, 0) is 63.1 Å². The van der Waals surface area contributed by atoms with E-state index in [4.69, 9.17) is 18.9 Å². The van der Waals surface area contributed by atoms with E-state index in [0.717, 1.165) is 5.56 Å². The minimum absolute atomic E-state index is 0.186. The van der Waals surface area contributed by atoms with Crippen LogP contribution in [0.25, 0.3) is 33.3 Å². The van der Waals surface area contributed by atoms with Crippen molar-refractivity contribution >= 4 is 33.3 Å². The third kappa shape index (κ3) is 6.27. The summed E-state index contributed by atoms with van der Waals surface area (Å²) in [7, 11) is -3.73. The second kappa shape index (κ2) is 12.4. The van der Waals surface area contributed by atoms with Crippen LogP contribution in [0.2, 0.25) is 0 Å². The van der Waals surface area contributed by atoms with Crippen molar-refractivity contribution in [2.75, 3.05) is 26.3 Å². The number of hydrogen-bond donors (Lipinski definition) is 0. The molecule has 0 unspecified atom stereocenters. The summed E-state index contributed by atoms with van der Waals surface area (Å²) >= 11 is 1.40. The minimum Gasteiger partial charge on any atom is -0.466 e. The minimum atomic E-state index is -3.73. The van der Waals surface area contributed by atoms with Gasteiger partial charge in [0, 0.05) is 29.6 Å². The predicted molar refractivity (Wildman–Crippen MR) is 155 cm³/mol. The first-order chi connectivity index (χ1) is 19.8. The van der Waals surface area contributed by atoms with E-state index >= 15 is 0 Å². The average molecular weight is 595 g/mol. The molecule has 5 rings (SSSR count). The number of furan rings is 1. The molecular formula is C30H30N2O7S2. The standard InChI is InChI=1S/C30H30N2O7S2/c1-3-37-29(33)21-10-8-20(9-11-21)26-12-13-27(39-26)28-31-25(19-40-28)23-6-5-7-24(18-23)41(35,36)32-16-14-22(15-17-32)30(34)38-4-2/h5-13,18-19,22H,3-4,14-17H2,1-2H3. The third-order valence-electron chi connectivity index (χ3n) is 6.84. The van der Waals surface area contributed by atoms with Gasteiger partial charge in [-0.15, -0.1) is 11.3 Å². The number of thiazole rings is 1. The van der Waals surface area contributed by atoms with Crippen molar-refractivity contribution in [3.63, 3.8) is 0 Å². The first-order valence-electron chi connectivity index (χ1n) is 13.4. The molecule has 1 saturated heterocycles. The number of esters is 2. The lowest BCUT2D eigenvalue weighted by Crippen LogP contribution is -2.40. The highest BCUT2D eigenvalue weighted by Gasteiger charge is 2.33. The molecule has 214 valence electrons. The fourth-order valence-electron chi connectivity index (χ4n) is 4.67. The van der Waals surface area contributed by atoms with Crippen LogP contribution in [0.15, 0.2) is 75.4 Å². The molecule has 0 aliphatic carbocycles. The van der Waals surface area contributed by atoms with Crippen LogP contribution in [-0.2, 0) is 24.3 Å². The summed E-state index contributed by atoms with van der Waals surface area (Å²) in [6.45, 7) is 4.69. The molecule has 0 saturated carbocycles. The van der Waals surface area contributed by atoms with E-state index in [-0.39, 0.29) is 35.8 Å². The fourth-order valence-corrected chi connectivity index (χ4v) is 6.97. The van der Waals surface area contributed by atoms with Gasteiger partial charge >= 0.3 is 11.9 Å². The molecule has 0 atom stereocenters. The molecule has 11 heteroatoms. The fraction of sp³-hybridized carbons (Fsp3) is 0.300. The highest BCUT2D eigenvalue weighted by atomic mass is 32.2. The number of carbonyl (C=O) groups is 2. The molecule has 1 fully saturated rings. The number of ether oxygens (including phenoxy) is 2. The number of sulfonamides is 1. The van der Waals surface area contributed by atoms with Crippen LogP contribution in [-0.4, -0.2) is 55.9 Å². The van der Waals surface area contributed by atoms with Gasteiger partial charge in [0.1, 0.15) is 5.76 Å². The van der Waals surface area contributed by atoms with E-state index in [1.54, 1.807) is 56.3 Å². The van der Waals surface area contributed by atoms with E-state index in [1.165, 1.54) is 15.6 Å². The highest BCUT2D eigenvalue weighted by Crippen LogP contribution is 2.34. The van der Waals surface area contributed by atoms with Crippen molar-refractivity contribution in [1.29, 1.82) is 0 Å².